The van der Waals surface area contributed by atoms with E-state index in [4.69, 9.17) is 9.47 Å². The third kappa shape index (κ3) is 6.76. The SMILES string of the molecule is CCNC(=NCc1cc(OC)c(O)c(OC)c1)NCC(C)c1cccs1.I. The molecule has 0 aliphatic carbocycles. The summed E-state index contributed by atoms with van der Waals surface area (Å²) < 4.78 is 10.4. The summed E-state index contributed by atoms with van der Waals surface area (Å²) in [4.78, 5) is 5.97. The molecule has 2 rings (SSSR count). The Morgan fingerprint density at radius 1 is 1.22 bits per heavy atom. The number of nitrogens with one attached hydrogen (secondary N) is 2. The van der Waals surface area contributed by atoms with E-state index in [1.54, 1.807) is 23.5 Å². The predicted molar refractivity (Wildman–Crippen MR) is 122 cm³/mol. The minimum Gasteiger partial charge on any atom is -0.502 e. The van der Waals surface area contributed by atoms with Gasteiger partial charge in [-0.25, -0.2) is 4.99 Å². The number of methoxy groups -OCH3 is 2. The molecule has 0 aliphatic heterocycles. The zero-order valence-electron chi connectivity index (χ0n) is 16.1. The Morgan fingerprint density at radius 3 is 2.41 bits per heavy atom. The standard InChI is InChI=1S/C19H27N3O3S.HI/c1-5-20-19(21-11-13(2)17-7-6-8-26-17)22-12-14-9-15(24-3)18(23)16(10-14)25-4;/h6-10,13,23H,5,11-12H2,1-4H3,(H2,20,21,22);1H. The molecule has 0 saturated heterocycles. The molecule has 1 unspecified atom stereocenters. The maximum atomic E-state index is 10.0. The lowest BCUT2D eigenvalue weighted by molar-refractivity contribution is 0.339. The fraction of sp³-hybridized carbons (Fsp3) is 0.421. The van der Waals surface area contributed by atoms with Crippen LogP contribution in [0, 0.1) is 0 Å². The van der Waals surface area contributed by atoms with Gasteiger partial charge in [0.1, 0.15) is 0 Å². The first kappa shape index (κ1) is 23.4. The van der Waals surface area contributed by atoms with E-state index in [2.05, 4.69) is 40.1 Å². The normalized spacial score (nSPS) is 12.1. The predicted octanol–water partition coefficient (Wildman–Crippen LogP) is 3.95. The van der Waals surface area contributed by atoms with Gasteiger partial charge in [-0.3, -0.25) is 0 Å². The number of phenolic OH excluding ortho intramolecular Hbond substituents is 1. The number of guanidine groups is 1. The molecule has 0 amide bonds. The number of halogens is 1. The summed E-state index contributed by atoms with van der Waals surface area (Å²) in [6.07, 6.45) is 0. The Balaban J connectivity index is 0.00000364. The Labute approximate surface area is 182 Å². The van der Waals surface area contributed by atoms with Crippen molar-refractivity contribution in [3.8, 4) is 17.2 Å². The van der Waals surface area contributed by atoms with Gasteiger partial charge in [0.2, 0.25) is 5.75 Å². The van der Waals surface area contributed by atoms with Gasteiger partial charge in [0.15, 0.2) is 17.5 Å². The number of ether oxygens (including phenoxy) is 2. The van der Waals surface area contributed by atoms with Crippen molar-refractivity contribution >= 4 is 41.3 Å². The molecule has 3 N–H and O–H groups in total. The van der Waals surface area contributed by atoms with Crippen LogP contribution >= 0.6 is 35.3 Å². The van der Waals surface area contributed by atoms with Gasteiger partial charge in [-0.05, 0) is 36.1 Å². The largest absolute Gasteiger partial charge is 0.502 e. The average molecular weight is 505 g/mol. The molecular weight excluding hydrogens is 477 g/mol. The highest BCUT2D eigenvalue weighted by Gasteiger charge is 2.11. The molecule has 0 fully saturated rings. The summed E-state index contributed by atoms with van der Waals surface area (Å²) in [7, 11) is 3.03. The number of aliphatic imine (C=N–C) groups is 1. The van der Waals surface area contributed by atoms with Crippen LogP contribution in [-0.2, 0) is 6.54 Å². The number of aromatic hydroxyl groups is 1. The quantitative estimate of drug-likeness (QED) is 0.288. The Hall–Kier alpha value is -1.68. The fourth-order valence-electron chi connectivity index (χ4n) is 2.47. The van der Waals surface area contributed by atoms with Crippen molar-refractivity contribution in [3.05, 3.63) is 40.1 Å². The lowest BCUT2D eigenvalue weighted by Crippen LogP contribution is -2.39. The molecule has 27 heavy (non-hydrogen) atoms. The first-order valence-electron chi connectivity index (χ1n) is 8.58. The minimum atomic E-state index is -0.00228. The number of phenols is 1. The topological polar surface area (TPSA) is 75.1 Å². The molecular formula is C19H28IN3O3S. The van der Waals surface area contributed by atoms with E-state index >= 15 is 0 Å². The molecule has 1 atom stereocenters. The monoisotopic (exact) mass is 505 g/mol. The van der Waals surface area contributed by atoms with Crippen molar-refractivity contribution in [2.75, 3.05) is 27.3 Å². The van der Waals surface area contributed by atoms with Crippen molar-refractivity contribution in [3.63, 3.8) is 0 Å². The highest BCUT2D eigenvalue weighted by atomic mass is 127. The van der Waals surface area contributed by atoms with Crippen LogP contribution in [0.4, 0.5) is 0 Å². The molecule has 0 spiro atoms. The van der Waals surface area contributed by atoms with E-state index in [0.29, 0.717) is 24.0 Å². The van der Waals surface area contributed by atoms with Crippen molar-refractivity contribution < 1.29 is 14.6 Å². The van der Waals surface area contributed by atoms with Gasteiger partial charge in [0.05, 0.1) is 20.8 Å². The summed E-state index contributed by atoms with van der Waals surface area (Å²) in [6, 6.07) is 7.75. The summed E-state index contributed by atoms with van der Waals surface area (Å²) in [5.74, 6) is 1.91. The lowest BCUT2D eigenvalue weighted by atomic mass is 10.1. The fourth-order valence-corrected chi connectivity index (χ4v) is 3.26. The number of benzene rings is 1. The number of rotatable bonds is 8. The van der Waals surface area contributed by atoms with E-state index in [1.165, 1.54) is 19.1 Å². The molecule has 0 bridgehead atoms. The molecule has 1 heterocycles. The third-order valence-corrected chi connectivity index (χ3v) is 5.01. The minimum absolute atomic E-state index is 0. The smallest absolute Gasteiger partial charge is 0.200 e. The average Bonchev–Trinajstić information content (AvgIpc) is 3.19. The van der Waals surface area contributed by atoms with Gasteiger partial charge < -0.3 is 25.2 Å². The zero-order valence-corrected chi connectivity index (χ0v) is 19.3. The molecule has 0 aliphatic rings. The molecule has 150 valence electrons. The summed E-state index contributed by atoms with van der Waals surface area (Å²) in [6.45, 7) is 6.25. The molecule has 0 radical (unpaired) electrons. The second-order valence-corrected chi connectivity index (χ2v) is 6.82. The van der Waals surface area contributed by atoms with Gasteiger partial charge in [-0.1, -0.05) is 13.0 Å². The van der Waals surface area contributed by atoms with Crippen LogP contribution in [0.3, 0.4) is 0 Å². The van der Waals surface area contributed by atoms with E-state index in [-0.39, 0.29) is 29.7 Å². The van der Waals surface area contributed by atoms with E-state index in [9.17, 15) is 5.11 Å². The molecule has 6 nitrogen and oxygen atoms in total. The number of hydrogen-bond acceptors (Lipinski definition) is 5. The third-order valence-electron chi connectivity index (χ3n) is 3.91. The van der Waals surface area contributed by atoms with Gasteiger partial charge in [-0.15, -0.1) is 35.3 Å². The van der Waals surface area contributed by atoms with Crippen LogP contribution in [0.15, 0.2) is 34.6 Å². The molecule has 1 aromatic carbocycles. The van der Waals surface area contributed by atoms with Gasteiger partial charge >= 0.3 is 0 Å². The van der Waals surface area contributed by atoms with Crippen molar-refractivity contribution in [1.82, 2.24) is 10.6 Å². The van der Waals surface area contributed by atoms with Crippen LogP contribution in [0.25, 0.3) is 0 Å². The molecule has 2 aromatic rings. The highest BCUT2D eigenvalue weighted by Crippen LogP contribution is 2.37. The van der Waals surface area contributed by atoms with E-state index in [1.807, 2.05) is 6.92 Å². The van der Waals surface area contributed by atoms with Crippen LogP contribution in [-0.4, -0.2) is 38.4 Å². The van der Waals surface area contributed by atoms with Crippen molar-refractivity contribution in [1.29, 1.82) is 0 Å². The Morgan fingerprint density at radius 2 is 1.89 bits per heavy atom. The Bertz CT molecular complexity index is 698. The van der Waals surface area contributed by atoms with Crippen LogP contribution in [0.2, 0.25) is 0 Å². The summed E-state index contributed by atoms with van der Waals surface area (Å²) >= 11 is 1.76. The molecule has 1 aromatic heterocycles. The second kappa shape index (κ2) is 11.9. The van der Waals surface area contributed by atoms with Gasteiger partial charge in [-0.2, -0.15) is 0 Å². The Kier molecular flexibility index (Phi) is 10.3. The maximum absolute atomic E-state index is 10.0. The molecule has 0 saturated carbocycles. The van der Waals surface area contributed by atoms with Gasteiger partial charge in [0.25, 0.3) is 0 Å². The lowest BCUT2D eigenvalue weighted by Gasteiger charge is -2.15. The van der Waals surface area contributed by atoms with Gasteiger partial charge in [0, 0.05) is 23.9 Å². The maximum Gasteiger partial charge on any atom is 0.200 e. The number of hydrogen-bond donors (Lipinski definition) is 3. The summed E-state index contributed by atoms with van der Waals surface area (Å²) in [5, 5.41) is 18.7. The first-order chi connectivity index (χ1) is 12.6. The highest BCUT2D eigenvalue weighted by molar-refractivity contribution is 14.0. The zero-order chi connectivity index (χ0) is 18.9. The van der Waals surface area contributed by atoms with Crippen molar-refractivity contribution in [2.45, 2.75) is 26.3 Å². The second-order valence-electron chi connectivity index (χ2n) is 5.84. The van der Waals surface area contributed by atoms with E-state index in [0.717, 1.165) is 24.6 Å². The van der Waals surface area contributed by atoms with Crippen molar-refractivity contribution in [2.24, 2.45) is 4.99 Å². The van der Waals surface area contributed by atoms with Crippen LogP contribution in [0.5, 0.6) is 17.2 Å². The molecule has 8 heteroatoms. The first-order valence-corrected chi connectivity index (χ1v) is 9.46. The van der Waals surface area contributed by atoms with Crippen LogP contribution in [0.1, 0.15) is 30.2 Å². The number of thiophene rings is 1. The van der Waals surface area contributed by atoms with E-state index < -0.39 is 0 Å². The summed E-state index contributed by atoms with van der Waals surface area (Å²) in [5.41, 5.74) is 0.889. The number of nitrogens with zero attached hydrogens (tertiary/aromatic N) is 1. The van der Waals surface area contributed by atoms with Crippen LogP contribution < -0.4 is 20.1 Å².